The van der Waals surface area contributed by atoms with Gasteiger partial charge in [0.05, 0.1) is 0 Å². The van der Waals surface area contributed by atoms with Crippen LogP contribution in [0.2, 0.25) is 0 Å². The van der Waals surface area contributed by atoms with Crippen LogP contribution in [-0.2, 0) is 0 Å². The molecule has 110 valence electrons. The number of allylic oxidation sites excluding steroid dienone is 2. The van der Waals surface area contributed by atoms with Crippen LogP contribution in [-0.4, -0.2) is 0 Å². The van der Waals surface area contributed by atoms with Crippen molar-refractivity contribution >= 4 is 0 Å². The van der Waals surface area contributed by atoms with Crippen molar-refractivity contribution in [1.82, 2.24) is 0 Å². The second-order valence-electron chi connectivity index (χ2n) is 5.47. The van der Waals surface area contributed by atoms with Crippen LogP contribution in [0.25, 0.3) is 0 Å². The van der Waals surface area contributed by atoms with Crippen LogP contribution in [0.4, 0.5) is 17.6 Å². The Kier molecular flexibility index (Phi) is 2.76. The molecule has 0 nitrogen and oxygen atoms in total. The van der Waals surface area contributed by atoms with Gasteiger partial charge in [0.25, 0.3) is 12.2 Å². The van der Waals surface area contributed by atoms with E-state index in [9.17, 15) is 17.6 Å². The maximum atomic E-state index is 13.5. The summed E-state index contributed by atoms with van der Waals surface area (Å²) in [5.41, 5.74) is 1.72. The zero-order valence-electron chi connectivity index (χ0n) is 11.3. The smallest absolute Gasteiger partial charge is 0.173 e. The van der Waals surface area contributed by atoms with Crippen molar-refractivity contribution in [2.45, 2.75) is 11.8 Å². The molecule has 0 saturated heterocycles. The van der Waals surface area contributed by atoms with Gasteiger partial charge in [0, 0.05) is 23.0 Å². The van der Waals surface area contributed by atoms with Crippen molar-refractivity contribution in [2.24, 2.45) is 0 Å². The average Bonchev–Trinajstić information content (AvgIpc) is 2.53. The molecule has 3 aliphatic rings. The van der Waals surface area contributed by atoms with E-state index in [1.807, 2.05) is 0 Å². The van der Waals surface area contributed by atoms with Crippen molar-refractivity contribution < 1.29 is 17.6 Å². The first kappa shape index (κ1) is 13.3. The van der Waals surface area contributed by atoms with Gasteiger partial charge in [-0.3, -0.25) is 0 Å². The lowest BCUT2D eigenvalue weighted by Crippen LogP contribution is -2.29. The van der Waals surface area contributed by atoms with Gasteiger partial charge in [-0.05, 0) is 22.3 Å². The summed E-state index contributed by atoms with van der Waals surface area (Å²) in [6.07, 6.45) is -4.05. The summed E-state index contributed by atoms with van der Waals surface area (Å²) in [6.45, 7) is 0. The Morgan fingerprint density at radius 1 is 0.545 bits per heavy atom. The second kappa shape index (κ2) is 4.57. The van der Waals surface area contributed by atoms with Crippen molar-refractivity contribution in [1.29, 1.82) is 0 Å². The molecule has 0 aromatic heterocycles. The van der Waals surface area contributed by atoms with E-state index in [-0.39, 0.29) is 0 Å². The van der Waals surface area contributed by atoms with Gasteiger partial charge in [-0.1, -0.05) is 48.5 Å². The van der Waals surface area contributed by atoms with Crippen LogP contribution in [0.1, 0.15) is 34.1 Å². The summed E-state index contributed by atoms with van der Waals surface area (Å²) < 4.78 is 54.0. The molecule has 0 saturated carbocycles. The minimum absolute atomic E-state index is 0.526. The topological polar surface area (TPSA) is 0 Å². The number of fused-ring (bicyclic) bond motifs is 1. The molecule has 0 amide bonds. The molecule has 5 rings (SSSR count). The van der Waals surface area contributed by atoms with Crippen molar-refractivity contribution in [3.05, 3.63) is 94.1 Å². The number of rotatable bonds is 0. The van der Waals surface area contributed by atoms with Crippen LogP contribution in [0.5, 0.6) is 0 Å². The van der Waals surface area contributed by atoms with Gasteiger partial charge >= 0.3 is 0 Å². The molecule has 22 heavy (non-hydrogen) atoms. The maximum Gasteiger partial charge on any atom is 0.274 e. The van der Waals surface area contributed by atoms with Gasteiger partial charge < -0.3 is 0 Å². The minimum Gasteiger partial charge on any atom is -0.173 e. The highest BCUT2D eigenvalue weighted by Gasteiger charge is 2.47. The van der Waals surface area contributed by atoms with Gasteiger partial charge in [-0.25, -0.2) is 0 Å². The normalized spacial score (nSPS) is 21.5. The summed E-state index contributed by atoms with van der Waals surface area (Å²) >= 11 is 0. The molecule has 3 aliphatic carbocycles. The monoisotopic (exact) mass is 302 g/mol. The Morgan fingerprint density at radius 2 is 0.818 bits per heavy atom. The Hall–Kier alpha value is -2.36. The maximum absolute atomic E-state index is 13.5. The highest BCUT2D eigenvalue weighted by atomic mass is 19.3. The number of halogens is 4. The zero-order chi connectivity index (χ0) is 15.4. The lowest BCUT2D eigenvalue weighted by atomic mass is 9.60. The highest BCUT2D eigenvalue weighted by Crippen LogP contribution is 2.59. The first-order chi connectivity index (χ1) is 10.6. The van der Waals surface area contributed by atoms with E-state index in [0.29, 0.717) is 22.3 Å². The summed E-state index contributed by atoms with van der Waals surface area (Å²) in [4.78, 5) is 0. The quantitative estimate of drug-likeness (QED) is 0.557. The Morgan fingerprint density at radius 3 is 1.05 bits per heavy atom. The first-order valence-corrected chi connectivity index (χ1v) is 6.89. The SMILES string of the molecule is FC(F)=C1C(=C(F)F)C2c3ccccc3C1c1ccccc12. The van der Waals surface area contributed by atoms with E-state index < -0.39 is 35.1 Å². The summed E-state index contributed by atoms with van der Waals surface area (Å²) in [7, 11) is 0. The third kappa shape index (κ3) is 1.58. The molecule has 0 radical (unpaired) electrons. The van der Waals surface area contributed by atoms with Gasteiger partial charge in [0.1, 0.15) is 0 Å². The molecule has 4 heteroatoms. The third-order valence-corrected chi connectivity index (χ3v) is 4.51. The molecule has 2 aromatic carbocycles. The van der Waals surface area contributed by atoms with Gasteiger partial charge in [0.2, 0.25) is 0 Å². The predicted octanol–water partition coefficient (Wildman–Crippen LogP) is 5.58. The average molecular weight is 302 g/mol. The standard InChI is InChI=1S/C18H10F4/c19-17(20)15-13-9-5-1-2-6-10(9)14(16(15)18(21)22)12-8-4-3-7-11(12)13/h1-8,13-14H. The Balaban J connectivity index is 2.17. The highest BCUT2D eigenvalue weighted by molar-refractivity contribution is 5.70. The van der Waals surface area contributed by atoms with Crippen LogP contribution in [0, 0.1) is 0 Å². The van der Waals surface area contributed by atoms with E-state index in [2.05, 4.69) is 0 Å². The Labute approximate surface area is 124 Å². The van der Waals surface area contributed by atoms with Crippen molar-refractivity contribution in [3.63, 3.8) is 0 Å². The summed E-state index contributed by atoms with van der Waals surface area (Å²) in [6, 6.07) is 14.0. The molecule has 0 fully saturated rings. The van der Waals surface area contributed by atoms with E-state index >= 15 is 0 Å². The van der Waals surface area contributed by atoms with E-state index in [0.717, 1.165) is 0 Å². The van der Waals surface area contributed by atoms with Gasteiger partial charge in [-0.15, -0.1) is 0 Å². The molecule has 0 N–H and O–H groups in total. The fourth-order valence-corrected chi connectivity index (χ4v) is 3.76. The molecular weight excluding hydrogens is 292 g/mol. The molecule has 2 bridgehead atoms. The molecular formula is C18H10F4. The molecule has 0 unspecified atom stereocenters. The van der Waals surface area contributed by atoms with E-state index in [1.165, 1.54) is 0 Å². The van der Waals surface area contributed by atoms with Crippen molar-refractivity contribution in [3.8, 4) is 0 Å². The molecule has 0 spiro atoms. The van der Waals surface area contributed by atoms with Crippen LogP contribution in [0.15, 0.2) is 71.8 Å². The van der Waals surface area contributed by atoms with Crippen LogP contribution >= 0.6 is 0 Å². The molecule has 0 atom stereocenters. The number of benzene rings is 2. The molecule has 0 heterocycles. The summed E-state index contributed by atoms with van der Waals surface area (Å²) in [5, 5.41) is 0. The van der Waals surface area contributed by atoms with Crippen LogP contribution in [0.3, 0.4) is 0 Å². The fraction of sp³-hybridized carbons (Fsp3) is 0.111. The number of hydrogen-bond donors (Lipinski definition) is 0. The first-order valence-electron chi connectivity index (χ1n) is 6.89. The largest absolute Gasteiger partial charge is 0.274 e. The molecule has 2 aromatic rings. The van der Waals surface area contributed by atoms with E-state index in [1.54, 1.807) is 48.5 Å². The van der Waals surface area contributed by atoms with E-state index in [4.69, 9.17) is 0 Å². The minimum atomic E-state index is -2.03. The lowest BCUT2D eigenvalue weighted by molar-refractivity contribution is 0.382. The van der Waals surface area contributed by atoms with Crippen LogP contribution < -0.4 is 0 Å². The third-order valence-electron chi connectivity index (χ3n) is 4.51. The van der Waals surface area contributed by atoms with Gasteiger partial charge in [0.15, 0.2) is 0 Å². The second-order valence-corrected chi connectivity index (χ2v) is 5.47. The Bertz CT molecular complexity index is 722. The summed E-state index contributed by atoms with van der Waals surface area (Å²) in [5.74, 6) is -1.64. The van der Waals surface area contributed by atoms with Crippen molar-refractivity contribution in [2.75, 3.05) is 0 Å². The van der Waals surface area contributed by atoms with Gasteiger partial charge in [-0.2, -0.15) is 17.6 Å². The zero-order valence-corrected chi connectivity index (χ0v) is 11.3. The predicted molar refractivity (Wildman–Crippen MR) is 75.1 cm³/mol. The number of hydrogen-bond acceptors (Lipinski definition) is 0. The molecule has 0 aliphatic heterocycles. The lowest BCUT2D eigenvalue weighted by Gasteiger charge is -2.42. The fourth-order valence-electron chi connectivity index (χ4n) is 3.76.